The monoisotopic (exact) mass is 270 g/mol. The summed E-state index contributed by atoms with van der Waals surface area (Å²) in [6.45, 7) is 1.96. The Labute approximate surface area is 105 Å². The molecule has 0 fully saturated rings. The van der Waals surface area contributed by atoms with E-state index >= 15 is 0 Å². The summed E-state index contributed by atoms with van der Waals surface area (Å²) in [6, 6.07) is 0. The molecule has 0 aromatic rings. The highest BCUT2D eigenvalue weighted by molar-refractivity contribution is 6.19. The number of rotatable bonds is 8. The number of carbonyl (C=O) groups excluding carboxylic acids is 2. The van der Waals surface area contributed by atoms with E-state index in [9.17, 15) is 9.59 Å². The summed E-state index contributed by atoms with van der Waals surface area (Å²) in [6.07, 6.45) is 0.585. The summed E-state index contributed by atoms with van der Waals surface area (Å²) in [7, 11) is 0. The molecule has 94 valence electrons. The van der Waals surface area contributed by atoms with Crippen LogP contribution in [-0.2, 0) is 19.1 Å². The Bertz CT molecular complexity index is 221. The van der Waals surface area contributed by atoms with Gasteiger partial charge in [0.1, 0.15) is 6.10 Å². The van der Waals surface area contributed by atoms with Crippen LogP contribution in [0.2, 0.25) is 0 Å². The molecule has 16 heavy (non-hydrogen) atoms. The third-order valence-electron chi connectivity index (χ3n) is 1.72. The Morgan fingerprint density at radius 2 is 1.69 bits per heavy atom. The van der Waals surface area contributed by atoms with E-state index in [2.05, 4.69) is 0 Å². The fourth-order valence-corrected chi connectivity index (χ4v) is 1.22. The summed E-state index contributed by atoms with van der Waals surface area (Å²) >= 11 is 10.7. The van der Waals surface area contributed by atoms with Gasteiger partial charge < -0.3 is 9.47 Å². The highest BCUT2D eigenvalue weighted by Crippen LogP contribution is 2.02. The zero-order chi connectivity index (χ0) is 12.4. The lowest BCUT2D eigenvalue weighted by Gasteiger charge is -2.12. The van der Waals surface area contributed by atoms with E-state index in [0.29, 0.717) is 6.42 Å². The molecule has 0 bridgehead atoms. The molecule has 0 saturated carbocycles. The molecule has 0 amide bonds. The van der Waals surface area contributed by atoms with E-state index < -0.39 is 0 Å². The van der Waals surface area contributed by atoms with Gasteiger partial charge >= 0.3 is 11.9 Å². The largest absolute Gasteiger partial charge is 0.465 e. The molecule has 0 aromatic carbocycles. The van der Waals surface area contributed by atoms with Gasteiger partial charge in [0.2, 0.25) is 0 Å². The first-order chi connectivity index (χ1) is 7.60. The topological polar surface area (TPSA) is 52.6 Å². The van der Waals surface area contributed by atoms with Crippen LogP contribution in [0, 0.1) is 0 Å². The van der Waals surface area contributed by atoms with Crippen LogP contribution in [0.15, 0.2) is 0 Å². The molecule has 0 spiro atoms. The Morgan fingerprint density at radius 3 is 2.25 bits per heavy atom. The zero-order valence-electron chi connectivity index (χ0n) is 9.21. The van der Waals surface area contributed by atoms with Crippen LogP contribution < -0.4 is 0 Å². The number of hydrogen-bond acceptors (Lipinski definition) is 4. The molecule has 0 rings (SSSR count). The van der Waals surface area contributed by atoms with Gasteiger partial charge in [-0.05, 0) is 6.92 Å². The van der Waals surface area contributed by atoms with Crippen molar-refractivity contribution < 1.29 is 19.1 Å². The fraction of sp³-hybridized carbons (Fsp3) is 0.800. The Hall–Kier alpha value is -0.480. The van der Waals surface area contributed by atoms with Crippen LogP contribution in [0.3, 0.4) is 0 Å². The van der Waals surface area contributed by atoms with Crippen LogP contribution in [0.4, 0.5) is 0 Å². The third-order valence-corrected chi connectivity index (χ3v) is 2.10. The van der Waals surface area contributed by atoms with Crippen molar-refractivity contribution in [2.45, 2.75) is 32.3 Å². The molecule has 0 aliphatic carbocycles. The van der Waals surface area contributed by atoms with Crippen molar-refractivity contribution in [2.75, 3.05) is 18.4 Å². The summed E-state index contributed by atoms with van der Waals surface area (Å²) in [5, 5.41) is 0. The van der Waals surface area contributed by atoms with Gasteiger partial charge in [-0.15, -0.1) is 23.2 Å². The Kier molecular flexibility index (Phi) is 9.43. The lowest BCUT2D eigenvalue weighted by Crippen LogP contribution is -2.18. The van der Waals surface area contributed by atoms with E-state index in [1.54, 1.807) is 6.92 Å². The first kappa shape index (κ1) is 15.5. The Morgan fingerprint density at radius 1 is 1.12 bits per heavy atom. The number of ether oxygens (including phenoxy) is 2. The van der Waals surface area contributed by atoms with Gasteiger partial charge in [0.15, 0.2) is 0 Å². The molecule has 4 nitrogen and oxygen atoms in total. The van der Waals surface area contributed by atoms with Crippen LogP contribution >= 0.6 is 23.2 Å². The average molecular weight is 271 g/mol. The quantitative estimate of drug-likeness (QED) is 0.501. The SMILES string of the molecule is CC(CCOC(=O)CCCl)OC(=O)CCCl. The Balaban J connectivity index is 3.53. The second-order valence-electron chi connectivity index (χ2n) is 3.19. The molecule has 0 N–H and O–H groups in total. The zero-order valence-corrected chi connectivity index (χ0v) is 10.7. The van der Waals surface area contributed by atoms with Crippen LogP contribution in [0.1, 0.15) is 26.2 Å². The van der Waals surface area contributed by atoms with Gasteiger partial charge in [0.05, 0.1) is 19.4 Å². The molecular formula is C10H16Cl2O4. The van der Waals surface area contributed by atoms with Gasteiger partial charge in [-0.3, -0.25) is 9.59 Å². The lowest BCUT2D eigenvalue weighted by molar-refractivity contribution is -0.149. The van der Waals surface area contributed by atoms with Crippen LogP contribution in [0.5, 0.6) is 0 Å². The van der Waals surface area contributed by atoms with Gasteiger partial charge in [-0.1, -0.05) is 0 Å². The molecule has 6 heteroatoms. The molecule has 0 aliphatic rings. The number of esters is 2. The highest BCUT2D eigenvalue weighted by atomic mass is 35.5. The van der Waals surface area contributed by atoms with Crippen LogP contribution in [0.25, 0.3) is 0 Å². The van der Waals surface area contributed by atoms with Crippen molar-refractivity contribution >= 4 is 35.1 Å². The summed E-state index contributed by atoms with van der Waals surface area (Å²) in [4.78, 5) is 21.9. The van der Waals surface area contributed by atoms with Crippen molar-refractivity contribution in [3.63, 3.8) is 0 Å². The minimum atomic E-state index is -0.339. The van der Waals surface area contributed by atoms with Gasteiger partial charge in [-0.2, -0.15) is 0 Å². The predicted molar refractivity (Wildman–Crippen MR) is 61.8 cm³/mol. The smallest absolute Gasteiger partial charge is 0.307 e. The van der Waals surface area contributed by atoms with Crippen molar-refractivity contribution in [3.05, 3.63) is 0 Å². The summed E-state index contributed by atoms with van der Waals surface area (Å²) in [5.74, 6) is -0.182. The molecule has 0 aliphatic heterocycles. The number of carbonyl (C=O) groups is 2. The average Bonchev–Trinajstić information content (AvgIpc) is 2.18. The molecule has 1 atom stereocenters. The third kappa shape index (κ3) is 8.80. The lowest BCUT2D eigenvalue weighted by atomic mass is 10.3. The van der Waals surface area contributed by atoms with E-state index in [1.165, 1.54) is 0 Å². The minimum Gasteiger partial charge on any atom is -0.465 e. The number of alkyl halides is 2. The second kappa shape index (κ2) is 9.73. The fourth-order valence-electron chi connectivity index (χ4n) is 0.907. The first-order valence-electron chi connectivity index (χ1n) is 5.07. The maximum Gasteiger partial charge on any atom is 0.307 e. The van der Waals surface area contributed by atoms with E-state index in [1.807, 2.05) is 0 Å². The number of halogens is 2. The van der Waals surface area contributed by atoms with Gasteiger partial charge in [0.25, 0.3) is 0 Å². The standard InChI is InChI=1S/C10H16Cl2O4/c1-8(16-10(14)3-6-12)4-7-15-9(13)2-5-11/h8H,2-7H2,1H3. The van der Waals surface area contributed by atoms with Gasteiger partial charge in [-0.25, -0.2) is 0 Å². The summed E-state index contributed by atoms with van der Waals surface area (Å²) < 4.78 is 9.85. The maximum atomic E-state index is 11.0. The van der Waals surface area contributed by atoms with E-state index in [-0.39, 0.29) is 49.3 Å². The van der Waals surface area contributed by atoms with E-state index in [0.717, 1.165) is 0 Å². The summed E-state index contributed by atoms with van der Waals surface area (Å²) in [5.41, 5.74) is 0. The molecule has 1 unspecified atom stereocenters. The normalized spacial score (nSPS) is 11.9. The van der Waals surface area contributed by atoms with Crippen LogP contribution in [-0.4, -0.2) is 36.4 Å². The number of hydrogen-bond donors (Lipinski definition) is 0. The van der Waals surface area contributed by atoms with E-state index in [4.69, 9.17) is 32.7 Å². The second-order valence-corrected chi connectivity index (χ2v) is 3.94. The molecule has 0 saturated heterocycles. The molecular weight excluding hydrogens is 255 g/mol. The first-order valence-corrected chi connectivity index (χ1v) is 6.14. The molecule has 0 aromatic heterocycles. The van der Waals surface area contributed by atoms with Crippen molar-refractivity contribution in [3.8, 4) is 0 Å². The van der Waals surface area contributed by atoms with Crippen molar-refractivity contribution in [1.82, 2.24) is 0 Å². The van der Waals surface area contributed by atoms with Crippen molar-refractivity contribution in [2.24, 2.45) is 0 Å². The van der Waals surface area contributed by atoms with Crippen molar-refractivity contribution in [1.29, 1.82) is 0 Å². The molecule has 0 radical (unpaired) electrons. The maximum absolute atomic E-state index is 11.0. The predicted octanol–water partition coefficient (Wildman–Crippen LogP) is 2.11. The highest BCUT2D eigenvalue weighted by Gasteiger charge is 2.10. The molecule has 0 heterocycles. The van der Waals surface area contributed by atoms with Gasteiger partial charge in [0, 0.05) is 18.2 Å². The minimum absolute atomic E-state index is 0.192.